The van der Waals surface area contributed by atoms with Crippen LogP contribution in [0.5, 0.6) is 0 Å². The second kappa shape index (κ2) is 7.76. The van der Waals surface area contributed by atoms with E-state index in [9.17, 15) is 9.59 Å². The molecule has 4 aromatic rings. The molecule has 0 aliphatic heterocycles. The fraction of sp³-hybridized carbons (Fsp3) is 0.125. The third kappa shape index (κ3) is 3.72. The number of nitrogens with one attached hydrogen (secondary N) is 1. The molecule has 30 heavy (non-hydrogen) atoms. The molecule has 0 saturated carbocycles. The first kappa shape index (κ1) is 19.9. The number of amides is 1. The number of hydrogen-bond donors (Lipinski definition) is 1. The van der Waals surface area contributed by atoms with Gasteiger partial charge in [-0.15, -0.1) is 0 Å². The largest absolute Gasteiger partial charge is 0.321 e. The Morgan fingerprint density at radius 1 is 0.967 bits per heavy atom. The van der Waals surface area contributed by atoms with Crippen LogP contribution in [0.25, 0.3) is 16.6 Å². The van der Waals surface area contributed by atoms with E-state index in [1.807, 2.05) is 50.2 Å². The molecule has 0 bridgehead atoms. The molecular weight excluding hydrogens is 398 g/mol. The second-order valence-electron chi connectivity index (χ2n) is 7.31. The molecule has 5 nitrogen and oxygen atoms in total. The molecule has 1 aromatic heterocycles. The van der Waals surface area contributed by atoms with E-state index in [0.29, 0.717) is 38.7 Å². The molecule has 1 amide bonds. The summed E-state index contributed by atoms with van der Waals surface area (Å²) >= 11 is 6.33. The zero-order valence-corrected chi connectivity index (χ0v) is 17.6. The summed E-state index contributed by atoms with van der Waals surface area (Å²) in [5, 5.41) is 3.77. The highest BCUT2D eigenvalue weighted by Crippen LogP contribution is 2.26. The number of fused-ring (bicyclic) bond motifs is 1. The molecular formula is C24H20ClN3O2. The number of halogens is 1. The van der Waals surface area contributed by atoms with Crippen LogP contribution in [0.4, 0.5) is 5.69 Å². The van der Waals surface area contributed by atoms with E-state index in [0.717, 1.165) is 11.1 Å². The van der Waals surface area contributed by atoms with Crippen LogP contribution in [-0.4, -0.2) is 15.5 Å². The molecule has 3 aromatic carbocycles. The van der Waals surface area contributed by atoms with Crippen molar-refractivity contribution in [2.24, 2.45) is 0 Å². The van der Waals surface area contributed by atoms with Crippen molar-refractivity contribution in [1.82, 2.24) is 9.55 Å². The van der Waals surface area contributed by atoms with Crippen LogP contribution in [0.3, 0.4) is 0 Å². The van der Waals surface area contributed by atoms with Gasteiger partial charge in [0.25, 0.3) is 11.5 Å². The Bertz CT molecular complexity index is 1340. The molecule has 0 fully saturated rings. The van der Waals surface area contributed by atoms with Gasteiger partial charge in [0.1, 0.15) is 5.82 Å². The van der Waals surface area contributed by atoms with Gasteiger partial charge in [-0.3, -0.25) is 14.2 Å². The summed E-state index contributed by atoms with van der Waals surface area (Å²) in [7, 11) is 0. The lowest BCUT2D eigenvalue weighted by Crippen LogP contribution is -2.22. The van der Waals surface area contributed by atoms with Crippen LogP contribution in [0.2, 0.25) is 5.02 Å². The van der Waals surface area contributed by atoms with E-state index in [4.69, 9.17) is 11.6 Å². The minimum absolute atomic E-state index is 0.174. The molecule has 1 heterocycles. The number of anilines is 1. The van der Waals surface area contributed by atoms with Crippen LogP contribution >= 0.6 is 11.6 Å². The van der Waals surface area contributed by atoms with Crippen LogP contribution in [-0.2, 0) is 0 Å². The van der Waals surface area contributed by atoms with E-state index < -0.39 is 0 Å². The average molecular weight is 418 g/mol. The number of para-hydroxylation sites is 1. The Morgan fingerprint density at radius 2 is 1.67 bits per heavy atom. The summed E-state index contributed by atoms with van der Waals surface area (Å²) < 4.78 is 1.52. The number of aromatic nitrogens is 2. The van der Waals surface area contributed by atoms with Crippen LogP contribution in [0.15, 0.2) is 65.5 Å². The third-order valence-corrected chi connectivity index (χ3v) is 5.21. The summed E-state index contributed by atoms with van der Waals surface area (Å²) in [5.41, 5.74) is 4.04. The van der Waals surface area contributed by atoms with Crippen molar-refractivity contribution in [2.45, 2.75) is 20.8 Å². The van der Waals surface area contributed by atoms with Crippen LogP contribution in [0, 0.1) is 20.8 Å². The van der Waals surface area contributed by atoms with Gasteiger partial charge in [0, 0.05) is 5.56 Å². The molecule has 0 radical (unpaired) electrons. The van der Waals surface area contributed by atoms with Crippen molar-refractivity contribution in [3.8, 4) is 5.69 Å². The van der Waals surface area contributed by atoms with Gasteiger partial charge >= 0.3 is 0 Å². The molecule has 0 aliphatic rings. The maximum absolute atomic E-state index is 13.1. The van der Waals surface area contributed by atoms with Gasteiger partial charge in [0.15, 0.2) is 0 Å². The van der Waals surface area contributed by atoms with Gasteiger partial charge in [-0.2, -0.15) is 0 Å². The van der Waals surface area contributed by atoms with Gasteiger partial charge in [-0.25, -0.2) is 4.98 Å². The number of benzene rings is 3. The zero-order chi connectivity index (χ0) is 21.4. The highest BCUT2D eigenvalue weighted by molar-refractivity contribution is 6.34. The molecule has 0 atom stereocenters. The first-order valence-electron chi connectivity index (χ1n) is 9.51. The Balaban J connectivity index is 1.77. The summed E-state index contributed by atoms with van der Waals surface area (Å²) in [6, 6.07) is 18.0. The van der Waals surface area contributed by atoms with Crippen molar-refractivity contribution >= 4 is 34.1 Å². The fourth-order valence-corrected chi connectivity index (χ4v) is 3.76. The number of nitrogens with zero attached hydrogens (tertiary/aromatic N) is 2. The molecule has 6 heteroatoms. The molecule has 4 rings (SSSR count). The third-order valence-electron chi connectivity index (χ3n) is 4.88. The number of carbonyl (C=O) groups excluding carboxylic acids is 1. The topological polar surface area (TPSA) is 64.0 Å². The standard InChI is InChI=1S/C24H20ClN3O2/c1-14-10-15(2)12-17(11-14)23(29)27-22-13-18(8-9-20(22)25)28-16(3)26-21-7-5-4-6-19(21)24(28)30/h4-13H,1-3H3,(H,27,29). The second-order valence-corrected chi connectivity index (χ2v) is 7.72. The predicted molar refractivity (Wildman–Crippen MR) is 121 cm³/mol. The Morgan fingerprint density at radius 3 is 2.40 bits per heavy atom. The van der Waals surface area contributed by atoms with E-state index in [-0.39, 0.29) is 11.5 Å². The van der Waals surface area contributed by atoms with Crippen molar-refractivity contribution in [2.75, 3.05) is 5.32 Å². The molecule has 0 aliphatic carbocycles. The average Bonchev–Trinajstić information content (AvgIpc) is 2.69. The van der Waals surface area contributed by atoms with Crippen molar-refractivity contribution in [3.63, 3.8) is 0 Å². The van der Waals surface area contributed by atoms with Crippen molar-refractivity contribution < 1.29 is 4.79 Å². The minimum Gasteiger partial charge on any atom is -0.321 e. The number of carbonyl (C=O) groups is 1. The summed E-state index contributed by atoms with van der Waals surface area (Å²) in [6.07, 6.45) is 0. The van der Waals surface area contributed by atoms with Crippen LogP contribution in [0.1, 0.15) is 27.3 Å². The molecule has 150 valence electrons. The first-order valence-corrected chi connectivity index (χ1v) is 9.89. The SMILES string of the molecule is Cc1cc(C)cc(C(=O)Nc2cc(-n3c(C)nc4ccccc4c3=O)ccc2Cl)c1. The molecule has 0 spiro atoms. The molecule has 0 saturated heterocycles. The van der Waals surface area contributed by atoms with Gasteiger partial charge in [-0.05, 0) is 63.2 Å². The first-order chi connectivity index (χ1) is 14.3. The van der Waals surface area contributed by atoms with Crippen molar-refractivity contribution in [1.29, 1.82) is 0 Å². The van der Waals surface area contributed by atoms with E-state index >= 15 is 0 Å². The number of rotatable bonds is 3. The van der Waals surface area contributed by atoms with E-state index in [1.165, 1.54) is 4.57 Å². The van der Waals surface area contributed by atoms with E-state index in [2.05, 4.69) is 10.3 Å². The van der Waals surface area contributed by atoms with Crippen LogP contribution < -0.4 is 10.9 Å². The summed E-state index contributed by atoms with van der Waals surface area (Å²) in [5.74, 6) is 0.286. The highest BCUT2D eigenvalue weighted by atomic mass is 35.5. The summed E-state index contributed by atoms with van der Waals surface area (Å²) in [4.78, 5) is 30.4. The molecule has 0 unspecified atom stereocenters. The minimum atomic E-state index is -0.262. The van der Waals surface area contributed by atoms with E-state index in [1.54, 1.807) is 31.2 Å². The Kier molecular flexibility index (Phi) is 5.14. The number of hydrogen-bond acceptors (Lipinski definition) is 3. The Labute approximate surface area is 179 Å². The van der Waals surface area contributed by atoms with Crippen molar-refractivity contribution in [3.05, 3.63) is 98.6 Å². The maximum Gasteiger partial charge on any atom is 0.265 e. The highest BCUT2D eigenvalue weighted by Gasteiger charge is 2.14. The van der Waals surface area contributed by atoms with Gasteiger partial charge in [-0.1, -0.05) is 40.9 Å². The lowest BCUT2D eigenvalue weighted by molar-refractivity contribution is 0.102. The lowest BCUT2D eigenvalue weighted by atomic mass is 10.1. The smallest absolute Gasteiger partial charge is 0.265 e. The normalized spacial score (nSPS) is 10.9. The molecule has 1 N–H and O–H groups in total. The maximum atomic E-state index is 13.1. The predicted octanol–water partition coefficient (Wildman–Crippen LogP) is 5.22. The van der Waals surface area contributed by atoms with Gasteiger partial charge in [0.05, 0.1) is 27.3 Å². The number of aryl methyl sites for hydroxylation is 3. The lowest BCUT2D eigenvalue weighted by Gasteiger charge is -2.14. The fourth-order valence-electron chi connectivity index (χ4n) is 3.60. The van der Waals surface area contributed by atoms with Gasteiger partial charge in [0.2, 0.25) is 0 Å². The monoisotopic (exact) mass is 417 g/mol. The summed E-state index contributed by atoms with van der Waals surface area (Å²) in [6.45, 7) is 5.66. The zero-order valence-electron chi connectivity index (χ0n) is 16.9. The van der Waals surface area contributed by atoms with Gasteiger partial charge < -0.3 is 5.32 Å². The Hall–Kier alpha value is -3.44. The quantitative estimate of drug-likeness (QED) is 0.497.